The standard InChI is InChI=1S/C27H26N4O3/c1-2-16-28-26(32)21-12-9-13-22(17-21)30-25-24(34-23-14-7-4-8-15-23)18-29-31(27(25)33)19-20-10-5-3-6-11-20/h3-15,17-18,30H,2,16,19H2,1H3,(H,28,32). The first-order chi connectivity index (χ1) is 16.6. The summed E-state index contributed by atoms with van der Waals surface area (Å²) in [5.74, 6) is 0.712. The highest BCUT2D eigenvalue weighted by molar-refractivity contribution is 5.95. The van der Waals surface area contributed by atoms with Crippen LogP contribution in [0.2, 0.25) is 0 Å². The molecule has 0 saturated carbocycles. The molecule has 0 saturated heterocycles. The van der Waals surface area contributed by atoms with Gasteiger partial charge in [0.1, 0.15) is 5.75 Å². The largest absolute Gasteiger partial charge is 0.453 e. The predicted molar refractivity (Wildman–Crippen MR) is 133 cm³/mol. The van der Waals surface area contributed by atoms with Crippen molar-refractivity contribution in [1.29, 1.82) is 0 Å². The van der Waals surface area contributed by atoms with E-state index in [9.17, 15) is 9.59 Å². The number of carbonyl (C=O) groups is 1. The van der Waals surface area contributed by atoms with Crippen LogP contribution in [0.4, 0.5) is 11.4 Å². The summed E-state index contributed by atoms with van der Waals surface area (Å²) in [6.45, 7) is 2.91. The minimum absolute atomic E-state index is 0.164. The van der Waals surface area contributed by atoms with E-state index in [1.807, 2.05) is 55.5 Å². The predicted octanol–water partition coefficient (Wildman–Crippen LogP) is 4.97. The van der Waals surface area contributed by atoms with Gasteiger partial charge in [-0.1, -0.05) is 61.5 Å². The van der Waals surface area contributed by atoms with Gasteiger partial charge in [-0.25, -0.2) is 4.68 Å². The van der Waals surface area contributed by atoms with Crippen molar-refractivity contribution in [3.05, 3.63) is 113 Å². The number of ether oxygens (including phenoxy) is 1. The lowest BCUT2D eigenvalue weighted by atomic mass is 10.2. The number of nitrogens with one attached hydrogen (secondary N) is 2. The maximum atomic E-state index is 13.4. The molecule has 2 N–H and O–H groups in total. The summed E-state index contributed by atoms with van der Waals surface area (Å²) in [6, 6.07) is 25.8. The van der Waals surface area contributed by atoms with Crippen molar-refractivity contribution in [3.63, 3.8) is 0 Å². The number of rotatable bonds is 9. The summed E-state index contributed by atoms with van der Waals surface area (Å²) in [5, 5.41) is 10.4. The Labute approximate surface area is 198 Å². The first-order valence-electron chi connectivity index (χ1n) is 11.2. The summed E-state index contributed by atoms with van der Waals surface area (Å²) >= 11 is 0. The van der Waals surface area contributed by atoms with Crippen molar-refractivity contribution in [2.24, 2.45) is 0 Å². The van der Waals surface area contributed by atoms with Gasteiger partial charge >= 0.3 is 0 Å². The van der Waals surface area contributed by atoms with Crippen molar-refractivity contribution in [2.45, 2.75) is 19.9 Å². The van der Waals surface area contributed by atoms with Gasteiger partial charge in [-0.15, -0.1) is 0 Å². The highest BCUT2D eigenvalue weighted by Crippen LogP contribution is 2.28. The van der Waals surface area contributed by atoms with Gasteiger partial charge in [-0.2, -0.15) is 5.10 Å². The van der Waals surface area contributed by atoms with Crippen LogP contribution in [-0.2, 0) is 6.54 Å². The molecule has 0 unspecified atom stereocenters. The molecule has 0 aliphatic rings. The minimum Gasteiger partial charge on any atom is -0.453 e. The number of aromatic nitrogens is 2. The molecule has 0 spiro atoms. The Balaban J connectivity index is 1.69. The van der Waals surface area contributed by atoms with Gasteiger partial charge in [0.05, 0.1) is 12.7 Å². The second kappa shape index (κ2) is 11.0. The van der Waals surface area contributed by atoms with Gasteiger partial charge in [0.25, 0.3) is 11.5 Å². The summed E-state index contributed by atoms with van der Waals surface area (Å²) in [6.07, 6.45) is 2.37. The zero-order valence-electron chi connectivity index (χ0n) is 18.9. The van der Waals surface area contributed by atoms with Crippen LogP contribution in [0.25, 0.3) is 0 Å². The monoisotopic (exact) mass is 454 g/mol. The summed E-state index contributed by atoms with van der Waals surface area (Å²) < 4.78 is 7.36. The lowest BCUT2D eigenvalue weighted by Crippen LogP contribution is -2.26. The first kappa shape index (κ1) is 22.8. The fourth-order valence-corrected chi connectivity index (χ4v) is 3.37. The van der Waals surface area contributed by atoms with Crippen LogP contribution in [0.1, 0.15) is 29.3 Å². The Bertz CT molecular complexity index is 1300. The Kier molecular flexibility index (Phi) is 7.35. The van der Waals surface area contributed by atoms with Crippen LogP contribution in [0, 0.1) is 0 Å². The molecule has 1 amide bonds. The molecular weight excluding hydrogens is 428 g/mol. The quantitative estimate of drug-likeness (QED) is 0.373. The number of para-hydroxylation sites is 1. The molecule has 7 heteroatoms. The Morgan fingerprint density at radius 3 is 2.44 bits per heavy atom. The number of benzene rings is 3. The van der Waals surface area contributed by atoms with E-state index in [0.29, 0.717) is 35.8 Å². The molecule has 7 nitrogen and oxygen atoms in total. The molecule has 0 radical (unpaired) electrons. The Morgan fingerprint density at radius 2 is 1.71 bits per heavy atom. The average Bonchev–Trinajstić information content (AvgIpc) is 2.88. The molecule has 0 fully saturated rings. The molecule has 3 aromatic carbocycles. The lowest BCUT2D eigenvalue weighted by Gasteiger charge is -2.15. The normalized spacial score (nSPS) is 10.5. The van der Waals surface area contributed by atoms with E-state index in [0.717, 1.165) is 12.0 Å². The summed E-state index contributed by atoms with van der Waals surface area (Å²) in [7, 11) is 0. The van der Waals surface area contributed by atoms with E-state index in [1.54, 1.807) is 36.4 Å². The average molecular weight is 455 g/mol. The maximum absolute atomic E-state index is 13.4. The number of amides is 1. The van der Waals surface area contributed by atoms with Crippen LogP contribution in [0.5, 0.6) is 11.5 Å². The molecular formula is C27H26N4O3. The number of hydrogen-bond acceptors (Lipinski definition) is 5. The molecule has 1 heterocycles. The number of hydrogen-bond donors (Lipinski definition) is 2. The van der Waals surface area contributed by atoms with Crippen LogP contribution < -0.4 is 20.9 Å². The third-order valence-electron chi connectivity index (χ3n) is 5.08. The fraction of sp³-hybridized carbons (Fsp3) is 0.148. The first-order valence-corrected chi connectivity index (χ1v) is 11.2. The molecule has 0 bridgehead atoms. The molecule has 0 aliphatic heterocycles. The van der Waals surface area contributed by atoms with E-state index >= 15 is 0 Å². The van der Waals surface area contributed by atoms with E-state index in [4.69, 9.17) is 4.74 Å². The third kappa shape index (κ3) is 5.69. The van der Waals surface area contributed by atoms with Crippen LogP contribution in [0.3, 0.4) is 0 Å². The SMILES string of the molecule is CCCNC(=O)c1cccc(Nc2c(Oc3ccccc3)cnn(Cc3ccccc3)c2=O)c1. The van der Waals surface area contributed by atoms with E-state index < -0.39 is 0 Å². The van der Waals surface area contributed by atoms with Gasteiger partial charge < -0.3 is 15.4 Å². The van der Waals surface area contributed by atoms with Crippen molar-refractivity contribution in [3.8, 4) is 11.5 Å². The van der Waals surface area contributed by atoms with Crippen molar-refractivity contribution in [1.82, 2.24) is 15.1 Å². The van der Waals surface area contributed by atoms with Crippen LogP contribution in [0.15, 0.2) is 95.9 Å². The molecule has 4 rings (SSSR count). The summed E-state index contributed by atoms with van der Waals surface area (Å²) in [4.78, 5) is 25.8. The van der Waals surface area contributed by atoms with Crippen molar-refractivity contribution < 1.29 is 9.53 Å². The third-order valence-corrected chi connectivity index (χ3v) is 5.08. The van der Waals surface area contributed by atoms with Gasteiger partial charge in [-0.3, -0.25) is 9.59 Å². The zero-order valence-corrected chi connectivity index (χ0v) is 18.9. The van der Waals surface area contributed by atoms with Crippen LogP contribution >= 0.6 is 0 Å². The Hall–Kier alpha value is -4.39. The smallest absolute Gasteiger partial charge is 0.294 e. The van der Waals surface area contributed by atoms with E-state index in [2.05, 4.69) is 15.7 Å². The second-order valence-corrected chi connectivity index (χ2v) is 7.71. The molecule has 172 valence electrons. The minimum atomic E-state index is -0.335. The molecule has 34 heavy (non-hydrogen) atoms. The Morgan fingerprint density at radius 1 is 0.971 bits per heavy atom. The second-order valence-electron chi connectivity index (χ2n) is 7.71. The highest BCUT2D eigenvalue weighted by atomic mass is 16.5. The topological polar surface area (TPSA) is 85.2 Å². The molecule has 0 atom stereocenters. The van der Waals surface area contributed by atoms with Crippen molar-refractivity contribution >= 4 is 17.3 Å². The van der Waals surface area contributed by atoms with Gasteiger partial charge in [0, 0.05) is 17.8 Å². The molecule has 1 aromatic heterocycles. The zero-order chi connectivity index (χ0) is 23.8. The molecule has 0 aliphatic carbocycles. The van der Waals surface area contributed by atoms with Gasteiger partial charge in [0.2, 0.25) is 0 Å². The number of anilines is 2. The summed E-state index contributed by atoms with van der Waals surface area (Å²) in [5.41, 5.74) is 1.95. The lowest BCUT2D eigenvalue weighted by molar-refractivity contribution is 0.0953. The van der Waals surface area contributed by atoms with E-state index in [1.165, 1.54) is 10.9 Å². The molecule has 4 aromatic rings. The van der Waals surface area contributed by atoms with Gasteiger partial charge in [0.15, 0.2) is 11.4 Å². The van der Waals surface area contributed by atoms with Gasteiger partial charge in [-0.05, 0) is 42.3 Å². The number of nitrogens with zero attached hydrogens (tertiary/aromatic N) is 2. The van der Waals surface area contributed by atoms with Crippen LogP contribution in [-0.4, -0.2) is 22.2 Å². The number of carbonyl (C=O) groups excluding carboxylic acids is 1. The highest BCUT2D eigenvalue weighted by Gasteiger charge is 2.15. The fourth-order valence-electron chi connectivity index (χ4n) is 3.37. The van der Waals surface area contributed by atoms with E-state index in [-0.39, 0.29) is 17.2 Å². The van der Waals surface area contributed by atoms with Crippen molar-refractivity contribution in [2.75, 3.05) is 11.9 Å². The maximum Gasteiger partial charge on any atom is 0.294 e.